The molecule has 2 nitrogen and oxygen atoms in total. The maximum absolute atomic E-state index is 5.44. The van der Waals surface area contributed by atoms with Crippen molar-refractivity contribution in [2.45, 2.75) is 12.9 Å². The molecule has 0 unspecified atom stereocenters. The summed E-state index contributed by atoms with van der Waals surface area (Å²) in [5, 5.41) is 3.92. The zero-order chi connectivity index (χ0) is 5.98. The molecule has 0 bridgehead atoms. The molecule has 1 aromatic heterocycles. The van der Waals surface area contributed by atoms with E-state index in [1.54, 1.807) is 10.9 Å². The van der Waals surface area contributed by atoms with Crippen LogP contribution in [0.15, 0.2) is 12.4 Å². The average Bonchev–Trinajstić information content (AvgIpc) is 2.14. The number of alkyl halides is 1. The number of rotatable bonds is 1. The Hall–Kier alpha value is -0.500. The van der Waals surface area contributed by atoms with E-state index in [-0.39, 0.29) is 0 Å². The van der Waals surface area contributed by atoms with Crippen molar-refractivity contribution in [2.24, 2.45) is 0 Å². The zero-order valence-electron chi connectivity index (χ0n) is 4.63. The van der Waals surface area contributed by atoms with E-state index < -0.39 is 0 Å². The first kappa shape index (κ1) is 5.63. The van der Waals surface area contributed by atoms with Gasteiger partial charge in [-0.1, -0.05) is 0 Å². The third-order valence-electron chi connectivity index (χ3n) is 0.885. The molecule has 8 heavy (non-hydrogen) atoms. The third-order valence-corrected chi connectivity index (χ3v) is 1.13. The summed E-state index contributed by atoms with van der Waals surface area (Å²) in [5.74, 6) is 0. The molecular weight excluding hydrogens is 124 g/mol. The third kappa shape index (κ3) is 1.01. The number of aromatic nitrogens is 2. The molecule has 44 valence electrons. The summed E-state index contributed by atoms with van der Waals surface area (Å²) >= 11 is 5.44. The summed E-state index contributed by atoms with van der Waals surface area (Å²) in [6, 6.07) is 0.438. The van der Waals surface area contributed by atoms with E-state index in [4.69, 9.17) is 11.6 Å². The second kappa shape index (κ2) is 2.18. The largest absolute Gasteiger partial charge is 0.258 e. The Labute approximate surface area is 53.1 Å². The summed E-state index contributed by atoms with van der Waals surface area (Å²) in [6.45, 7) is 1.98. The van der Waals surface area contributed by atoms with Crippen LogP contribution in [0.3, 0.4) is 0 Å². The molecule has 0 spiro atoms. The van der Waals surface area contributed by atoms with Gasteiger partial charge in [-0.25, -0.2) is 0 Å². The molecule has 0 saturated carbocycles. The van der Waals surface area contributed by atoms with Crippen LogP contribution < -0.4 is 0 Å². The molecule has 1 rings (SSSR count). The molecule has 0 saturated heterocycles. The van der Waals surface area contributed by atoms with Gasteiger partial charge in [0.25, 0.3) is 0 Å². The fraction of sp³-hybridized carbons (Fsp3) is 0.400. The van der Waals surface area contributed by atoms with Gasteiger partial charge in [-0.15, -0.1) is 11.6 Å². The van der Waals surface area contributed by atoms with Gasteiger partial charge in [0.05, 0.1) is 6.20 Å². The minimum absolute atomic E-state index is 0.438. The molecular formula is C5H7ClN2. The highest BCUT2D eigenvalue weighted by Gasteiger charge is 1.87. The Morgan fingerprint density at radius 3 is 2.88 bits per heavy atom. The predicted molar refractivity (Wildman–Crippen MR) is 32.8 cm³/mol. The second-order valence-electron chi connectivity index (χ2n) is 1.68. The van der Waals surface area contributed by atoms with E-state index in [0.717, 1.165) is 5.56 Å². The van der Waals surface area contributed by atoms with Gasteiger partial charge >= 0.3 is 0 Å². The molecule has 0 radical (unpaired) electrons. The lowest BCUT2D eigenvalue weighted by molar-refractivity contribution is 0.744. The van der Waals surface area contributed by atoms with E-state index in [1.165, 1.54) is 0 Å². The Bertz CT molecular complexity index is 171. The molecule has 0 aromatic carbocycles. The topological polar surface area (TPSA) is 17.8 Å². The molecule has 1 aromatic rings. The van der Waals surface area contributed by atoms with Gasteiger partial charge in [-0.2, -0.15) is 5.10 Å². The van der Waals surface area contributed by atoms with Crippen LogP contribution in [0.5, 0.6) is 0 Å². The van der Waals surface area contributed by atoms with Crippen molar-refractivity contribution < 1.29 is 0 Å². The van der Waals surface area contributed by atoms with E-state index in [2.05, 4.69) is 5.10 Å². The maximum atomic E-state index is 5.44. The van der Waals surface area contributed by atoms with Crippen LogP contribution >= 0.6 is 11.6 Å². The van der Waals surface area contributed by atoms with Crippen molar-refractivity contribution in [1.29, 1.82) is 0 Å². The number of hydrogen-bond acceptors (Lipinski definition) is 1. The molecule has 0 atom stereocenters. The molecule has 0 aliphatic carbocycles. The van der Waals surface area contributed by atoms with Crippen LogP contribution in [0.2, 0.25) is 0 Å². The highest BCUT2D eigenvalue weighted by Crippen LogP contribution is 1.94. The summed E-state index contributed by atoms with van der Waals surface area (Å²) in [7, 11) is 0. The molecule has 0 fully saturated rings. The SMILES string of the molecule is Cc1cnn(CCl)c1. The lowest BCUT2D eigenvalue weighted by atomic mass is 10.4. The van der Waals surface area contributed by atoms with Crippen LogP contribution in [0.4, 0.5) is 0 Å². The summed E-state index contributed by atoms with van der Waals surface area (Å²) < 4.78 is 1.68. The van der Waals surface area contributed by atoms with E-state index >= 15 is 0 Å². The minimum atomic E-state index is 0.438. The highest BCUT2D eigenvalue weighted by atomic mass is 35.5. The van der Waals surface area contributed by atoms with E-state index in [9.17, 15) is 0 Å². The van der Waals surface area contributed by atoms with Crippen molar-refractivity contribution in [1.82, 2.24) is 9.78 Å². The van der Waals surface area contributed by atoms with Gasteiger partial charge < -0.3 is 0 Å². The quantitative estimate of drug-likeness (QED) is 0.526. The monoisotopic (exact) mass is 130 g/mol. The van der Waals surface area contributed by atoms with E-state index in [0.29, 0.717) is 6.00 Å². The summed E-state index contributed by atoms with van der Waals surface area (Å²) in [6.07, 6.45) is 3.68. The smallest absolute Gasteiger partial charge is 0.115 e. The highest BCUT2D eigenvalue weighted by molar-refractivity contribution is 6.15. The first-order valence-corrected chi connectivity index (χ1v) is 2.91. The van der Waals surface area contributed by atoms with Crippen molar-refractivity contribution >= 4 is 11.6 Å². The Kier molecular flexibility index (Phi) is 1.53. The Balaban J connectivity index is 2.84. The van der Waals surface area contributed by atoms with Gasteiger partial charge in [-0.3, -0.25) is 4.68 Å². The fourth-order valence-electron chi connectivity index (χ4n) is 0.532. The maximum Gasteiger partial charge on any atom is 0.115 e. The molecule has 3 heteroatoms. The molecule has 0 amide bonds. The van der Waals surface area contributed by atoms with Crippen molar-refractivity contribution in [3.63, 3.8) is 0 Å². The van der Waals surface area contributed by atoms with Gasteiger partial charge in [0, 0.05) is 6.20 Å². The van der Waals surface area contributed by atoms with Crippen molar-refractivity contribution in [2.75, 3.05) is 0 Å². The Morgan fingerprint density at radius 2 is 2.62 bits per heavy atom. The first-order valence-electron chi connectivity index (χ1n) is 2.38. The van der Waals surface area contributed by atoms with Crippen LogP contribution in [-0.2, 0) is 6.00 Å². The van der Waals surface area contributed by atoms with Crippen LogP contribution in [0.1, 0.15) is 5.56 Å². The Morgan fingerprint density at radius 1 is 1.88 bits per heavy atom. The van der Waals surface area contributed by atoms with Crippen LogP contribution in [0, 0.1) is 6.92 Å². The van der Waals surface area contributed by atoms with E-state index in [1.807, 2.05) is 13.1 Å². The zero-order valence-corrected chi connectivity index (χ0v) is 5.39. The first-order chi connectivity index (χ1) is 3.83. The van der Waals surface area contributed by atoms with Gasteiger partial charge in [0.2, 0.25) is 0 Å². The van der Waals surface area contributed by atoms with Gasteiger partial charge in [0.1, 0.15) is 6.00 Å². The number of nitrogens with zero attached hydrogens (tertiary/aromatic N) is 2. The number of hydrogen-bond donors (Lipinski definition) is 0. The summed E-state index contributed by atoms with van der Waals surface area (Å²) in [5.41, 5.74) is 1.14. The standard InChI is InChI=1S/C5H7ClN2/c1-5-2-7-8(3-5)4-6/h2-3H,4H2,1H3. The fourth-order valence-corrected chi connectivity index (χ4v) is 0.663. The lowest BCUT2D eigenvalue weighted by Crippen LogP contribution is -1.89. The van der Waals surface area contributed by atoms with Crippen molar-refractivity contribution in [3.8, 4) is 0 Å². The molecule has 0 aliphatic heterocycles. The number of aryl methyl sites for hydroxylation is 1. The predicted octanol–water partition coefficient (Wildman–Crippen LogP) is 1.39. The molecule has 0 N–H and O–H groups in total. The molecule has 1 heterocycles. The summed E-state index contributed by atoms with van der Waals surface area (Å²) in [4.78, 5) is 0. The van der Waals surface area contributed by atoms with Crippen LogP contribution in [0.25, 0.3) is 0 Å². The molecule has 0 aliphatic rings. The average molecular weight is 131 g/mol. The van der Waals surface area contributed by atoms with Gasteiger partial charge in [-0.05, 0) is 12.5 Å². The number of halogens is 1. The lowest BCUT2D eigenvalue weighted by Gasteiger charge is -1.86. The van der Waals surface area contributed by atoms with Crippen molar-refractivity contribution in [3.05, 3.63) is 18.0 Å². The van der Waals surface area contributed by atoms with Crippen LogP contribution in [-0.4, -0.2) is 9.78 Å². The van der Waals surface area contributed by atoms with Gasteiger partial charge in [0.15, 0.2) is 0 Å². The second-order valence-corrected chi connectivity index (χ2v) is 1.92. The normalized spacial score (nSPS) is 9.75. The minimum Gasteiger partial charge on any atom is -0.258 e.